The maximum Gasteiger partial charge on any atom is 0.0757 e. The molecule has 1 atom stereocenters. The minimum absolute atomic E-state index is 0.356. The summed E-state index contributed by atoms with van der Waals surface area (Å²) in [5, 5.41) is 6.36. The zero-order valence-electron chi connectivity index (χ0n) is 5.08. The molecule has 1 rings (SSSR count). The van der Waals surface area contributed by atoms with Gasteiger partial charge in [0.15, 0.2) is 0 Å². The molecule has 0 saturated carbocycles. The van der Waals surface area contributed by atoms with Gasteiger partial charge in [-0.1, -0.05) is 0 Å². The van der Waals surface area contributed by atoms with Crippen molar-refractivity contribution in [2.75, 3.05) is 7.05 Å². The van der Waals surface area contributed by atoms with Crippen LogP contribution >= 0.6 is 0 Å². The third kappa shape index (κ3) is 0.763. The first-order valence-electron chi connectivity index (χ1n) is 2.62. The average molecular weight is 100 g/mol. The van der Waals surface area contributed by atoms with E-state index in [-0.39, 0.29) is 0 Å². The molecule has 0 radical (unpaired) electrons. The van der Waals surface area contributed by atoms with Gasteiger partial charge in [0.1, 0.15) is 0 Å². The Hall–Kier alpha value is -0.0800. The monoisotopic (exact) mass is 100 g/mol. The lowest BCUT2D eigenvalue weighted by Crippen LogP contribution is -2.17. The second kappa shape index (κ2) is 1.20. The van der Waals surface area contributed by atoms with E-state index in [0.717, 1.165) is 0 Å². The van der Waals surface area contributed by atoms with Crippen molar-refractivity contribution in [3.63, 3.8) is 0 Å². The van der Waals surface area contributed by atoms with Gasteiger partial charge in [-0.15, -0.1) is 0 Å². The minimum Gasteiger partial charge on any atom is -0.303 e. The molecular weight excluding hydrogens is 88.1 g/mol. The van der Waals surface area contributed by atoms with Crippen LogP contribution in [0.4, 0.5) is 0 Å². The largest absolute Gasteiger partial charge is 0.303 e. The first-order chi connectivity index (χ1) is 3.17. The lowest BCUT2D eigenvalue weighted by Gasteiger charge is -1.93. The number of rotatable bonds is 1. The van der Waals surface area contributed by atoms with Gasteiger partial charge in [0.05, 0.1) is 6.17 Å². The Labute approximate surface area is 44.3 Å². The summed E-state index contributed by atoms with van der Waals surface area (Å²) < 4.78 is 0. The van der Waals surface area contributed by atoms with E-state index in [1.807, 2.05) is 7.05 Å². The number of likely N-dealkylation sites (N-methyl/N-ethyl adjacent to an activating group) is 1. The molecular formula is C5H12N2. The second-order valence-electron chi connectivity index (χ2n) is 2.59. The van der Waals surface area contributed by atoms with Crippen LogP contribution in [0, 0.1) is 0 Å². The molecule has 1 unspecified atom stereocenters. The lowest BCUT2D eigenvalue weighted by molar-refractivity contribution is 0.683. The van der Waals surface area contributed by atoms with Crippen molar-refractivity contribution in [3.8, 4) is 0 Å². The number of hydrogen-bond acceptors (Lipinski definition) is 2. The number of hydrogen-bond donors (Lipinski definition) is 2. The van der Waals surface area contributed by atoms with Crippen molar-refractivity contribution in [2.45, 2.75) is 25.6 Å². The van der Waals surface area contributed by atoms with Crippen LogP contribution in [-0.2, 0) is 0 Å². The highest BCUT2D eigenvalue weighted by Gasteiger charge is 2.43. The Balaban J connectivity index is 2.30. The molecule has 7 heavy (non-hydrogen) atoms. The summed E-state index contributed by atoms with van der Waals surface area (Å²) in [7, 11) is 1.96. The van der Waals surface area contributed by atoms with E-state index in [1.54, 1.807) is 0 Å². The van der Waals surface area contributed by atoms with Crippen molar-refractivity contribution in [1.82, 2.24) is 10.6 Å². The van der Waals surface area contributed by atoms with Gasteiger partial charge in [-0.05, 0) is 20.9 Å². The Morgan fingerprint density at radius 2 is 2.00 bits per heavy atom. The van der Waals surface area contributed by atoms with Gasteiger partial charge in [-0.25, -0.2) is 0 Å². The van der Waals surface area contributed by atoms with E-state index >= 15 is 0 Å². The van der Waals surface area contributed by atoms with Crippen LogP contribution in [0.3, 0.4) is 0 Å². The molecule has 1 aliphatic heterocycles. The highest BCUT2D eigenvalue weighted by molar-refractivity contribution is 5.04. The summed E-state index contributed by atoms with van der Waals surface area (Å²) in [6, 6.07) is 0. The van der Waals surface area contributed by atoms with E-state index in [0.29, 0.717) is 11.7 Å². The summed E-state index contributed by atoms with van der Waals surface area (Å²) in [4.78, 5) is 0. The van der Waals surface area contributed by atoms with Gasteiger partial charge >= 0.3 is 0 Å². The van der Waals surface area contributed by atoms with Crippen molar-refractivity contribution in [1.29, 1.82) is 0 Å². The zero-order chi connectivity index (χ0) is 5.49. The van der Waals surface area contributed by atoms with Crippen LogP contribution in [0.15, 0.2) is 0 Å². The average Bonchev–Trinajstić information content (AvgIpc) is 2.13. The molecule has 1 aliphatic rings. The molecule has 2 heteroatoms. The molecule has 0 aromatic rings. The van der Waals surface area contributed by atoms with Crippen LogP contribution in [0.2, 0.25) is 0 Å². The van der Waals surface area contributed by atoms with Gasteiger partial charge in [-0.3, -0.25) is 5.32 Å². The minimum atomic E-state index is 0.356. The molecule has 0 bridgehead atoms. The van der Waals surface area contributed by atoms with Crippen LogP contribution in [0.1, 0.15) is 13.8 Å². The molecule has 0 aliphatic carbocycles. The first-order valence-corrected chi connectivity index (χ1v) is 2.62. The molecule has 2 N–H and O–H groups in total. The Kier molecular flexibility index (Phi) is 0.869. The number of nitrogens with one attached hydrogen (secondary N) is 2. The van der Waals surface area contributed by atoms with E-state index in [9.17, 15) is 0 Å². The van der Waals surface area contributed by atoms with Crippen molar-refractivity contribution < 1.29 is 0 Å². The van der Waals surface area contributed by atoms with E-state index in [2.05, 4.69) is 24.5 Å². The third-order valence-electron chi connectivity index (χ3n) is 1.44. The zero-order valence-corrected chi connectivity index (χ0v) is 5.08. The first kappa shape index (κ1) is 5.06. The molecule has 1 saturated heterocycles. The predicted molar refractivity (Wildman–Crippen MR) is 30.1 cm³/mol. The Bertz CT molecular complexity index is 78.1. The summed E-state index contributed by atoms with van der Waals surface area (Å²) in [6.45, 7) is 4.35. The van der Waals surface area contributed by atoms with Crippen LogP contribution in [-0.4, -0.2) is 18.8 Å². The molecule has 0 aromatic carbocycles. The van der Waals surface area contributed by atoms with Crippen LogP contribution < -0.4 is 10.6 Å². The summed E-state index contributed by atoms with van der Waals surface area (Å²) in [5.74, 6) is 0. The predicted octanol–water partition coefficient (Wildman–Crippen LogP) is -0.0863. The fourth-order valence-corrected chi connectivity index (χ4v) is 0.763. The van der Waals surface area contributed by atoms with Gasteiger partial charge in [-0.2, -0.15) is 0 Å². The maximum atomic E-state index is 3.25. The van der Waals surface area contributed by atoms with E-state index in [1.165, 1.54) is 0 Å². The SMILES string of the molecule is CNC1NC1(C)C. The Morgan fingerprint density at radius 1 is 1.57 bits per heavy atom. The van der Waals surface area contributed by atoms with Crippen LogP contribution in [0.5, 0.6) is 0 Å². The maximum absolute atomic E-state index is 3.25. The lowest BCUT2D eigenvalue weighted by atomic mass is 10.2. The molecule has 1 heterocycles. The molecule has 42 valence electrons. The van der Waals surface area contributed by atoms with Crippen molar-refractivity contribution in [3.05, 3.63) is 0 Å². The Morgan fingerprint density at radius 3 is 2.00 bits per heavy atom. The molecule has 1 fully saturated rings. The summed E-state index contributed by atoms with van der Waals surface area (Å²) >= 11 is 0. The molecule has 0 amide bonds. The normalized spacial score (nSPS) is 35.6. The molecule has 0 spiro atoms. The van der Waals surface area contributed by atoms with E-state index in [4.69, 9.17) is 0 Å². The summed E-state index contributed by atoms with van der Waals surface area (Å²) in [6.07, 6.45) is 0.549. The smallest absolute Gasteiger partial charge is 0.0757 e. The highest BCUT2D eigenvalue weighted by atomic mass is 15.3. The quantitative estimate of drug-likeness (QED) is 0.452. The molecule has 0 aromatic heterocycles. The van der Waals surface area contributed by atoms with Crippen LogP contribution in [0.25, 0.3) is 0 Å². The molecule has 2 nitrogen and oxygen atoms in total. The van der Waals surface area contributed by atoms with Gasteiger partial charge < -0.3 is 5.32 Å². The van der Waals surface area contributed by atoms with Gasteiger partial charge in [0.2, 0.25) is 0 Å². The van der Waals surface area contributed by atoms with Gasteiger partial charge in [0, 0.05) is 5.54 Å². The van der Waals surface area contributed by atoms with Gasteiger partial charge in [0.25, 0.3) is 0 Å². The summed E-state index contributed by atoms with van der Waals surface area (Å²) in [5.41, 5.74) is 0.356. The standard InChI is InChI=1S/C5H12N2/c1-5(2)4(6-3)7-5/h4,6-7H,1-3H3. The third-order valence-corrected chi connectivity index (χ3v) is 1.44. The van der Waals surface area contributed by atoms with E-state index < -0.39 is 0 Å². The van der Waals surface area contributed by atoms with Crippen molar-refractivity contribution in [2.24, 2.45) is 0 Å². The fraction of sp³-hybridized carbons (Fsp3) is 1.00. The fourth-order valence-electron chi connectivity index (χ4n) is 0.763. The topological polar surface area (TPSA) is 34.0 Å². The second-order valence-corrected chi connectivity index (χ2v) is 2.59. The highest BCUT2D eigenvalue weighted by Crippen LogP contribution is 2.20. The van der Waals surface area contributed by atoms with Crippen molar-refractivity contribution >= 4 is 0 Å².